The van der Waals surface area contributed by atoms with E-state index < -0.39 is 23.2 Å². The molecule has 4 rings (SSSR count). The fraction of sp³-hybridized carbons (Fsp3) is 0.261. The number of piperidine rings is 1. The van der Waals surface area contributed by atoms with E-state index >= 15 is 0 Å². The van der Waals surface area contributed by atoms with Crippen molar-refractivity contribution in [2.75, 3.05) is 6.54 Å². The van der Waals surface area contributed by atoms with Gasteiger partial charge in [-0.15, -0.1) is 0 Å². The molecule has 1 saturated heterocycles. The molecule has 1 unspecified atom stereocenters. The highest BCUT2D eigenvalue weighted by Crippen LogP contribution is 2.34. The Labute approximate surface area is 176 Å². The summed E-state index contributed by atoms with van der Waals surface area (Å²) < 4.78 is 38.7. The van der Waals surface area contributed by atoms with E-state index in [0.717, 1.165) is 31.0 Å². The predicted octanol–water partition coefficient (Wildman–Crippen LogP) is 4.82. The number of carbonyl (C=O) groups is 1. The number of amides is 1. The molecule has 1 aliphatic heterocycles. The molecule has 1 N–H and O–H groups in total. The quantitative estimate of drug-likeness (QED) is 0.652. The van der Waals surface area contributed by atoms with Gasteiger partial charge in [0.25, 0.3) is 11.5 Å². The minimum Gasteiger partial charge on any atom is -0.330 e. The number of alkyl halides is 3. The first kappa shape index (κ1) is 20.8. The standard InChI is InChI=1S/C23H20F3N3O2/c24-23(25,26)17-11-9-15(10-12-17)19-8-4-5-13-29(19)22(31)18-14-20(30)28-21(27-18)16-6-2-1-3-7-16/h1-3,6-7,9-12,14,19H,4-5,8,13H2,(H,27,28,30). The van der Waals surface area contributed by atoms with E-state index in [0.29, 0.717) is 29.9 Å². The molecule has 31 heavy (non-hydrogen) atoms. The molecule has 1 fully saturated rings. The van der Waals surface area contributed by atoms with Crippen LogP contribution in [-0.4, -0.2) is 27.3 Å². The van der Waals surface area contributed by atoms with Gasteiger partial charge in [-0.3, -0.25) is 9.59 Å². The van der Waals surface area contributed by atoms with Crippen molar-refractivity contribution in [3.63, 3.8) is 0 Å². The maximum Gasteiger partial charge on any atom is 0.416 e. The van der Waals surface area contributed by atoms with Crippen molar-refractivity contribution in [1.29, 1.82) is 0 Å². The summed E-state index contributed by atoms with van der Waals surface area (Å²) >= 11 is 0. The highest BCUT2D eigenvalue weighted by molar-refractivity contribution is 5.93. The first-order chi connectivity index (χ1) is 14.8. The molecule has 2 aromatic carbocycles. The van der Waals surface area contributed by atoms with Crippen LogP contribution in [0.3, 0.4) is 0 Å². The van der Waals surface area contributed by atoms with E-state index in [1.54, 1.807) is 29.2 Å². The molecule has 2 heterocycles. The molecule has 0 radical (unpaired) electrons. The predicted molar refractivity (Wildman–Crippen MR) is 109 cm³/mol. The monoisotopic (exact) mass is 427 g/mol. The molecule has 1 aromatic heterocycles. The van der Waals surface area contributed by atoms with Crippen LogP contribution in [0.2, 0.25) is 0 Å². The highest BCUT2D eigenvalue weighted by Gasteiger charge is 2.33. The van der Waals surface area contributed by atoms with Crippen LogP contribution >= 0.6 is 0 Å². The number of hydrogen-bond donors (Lipinski definition) is 1. The zero-order valence-corrected chi connectivity index (χ0v) is 16.5. The fourth-order valence-electron chi connectivity index (χ4n) is 3.86. The molecule has 160 valence electrons. The van der Waals surface area contributed by atoms with Crippen molar-refractivity contribution in [2.45, 2.75) is 31.5 Å². The Morgan fingerprint density at radius 1 is 1.03 bits per heavy atom. The molecule has 8 heteroatoms. The van der Waals surface area contributed by atoms with E-state index in [-0.39, 0.29) is 11.7 Å². The Morgan fingerprint density at radius 3 is 2.42 bits per heavy atom. The lowest BCUT2D eigenvalue weighted by atomic mass is 9.94. The number of H-pyrrole nitrogens is 1. The average molecular weight is 427 g/mol. The molecule has 0 bridgehead atoms. The smallest absolute Gasteiger partial charge is 0.330 e. The number of nitrogens with one attached hydrogen (secondary N) is 1. The van der Waals surface area contributed by atoms with Gasteiger partial charge in [0.1, 0.15) is 11.5 Å². The summed E-state index contributed by atoms with van der Waals surface area (Å²) in [6.07, 6.45) is -2.15. The maximum absolute atomic E-state index is 13.3. The van der Waals surface area contributed by atoms with Crippen molar-refractivity contribution in [2.24, 2.45) is 0 Å². The molecular weight excluding hydrogens is 407 g/mol. The number of rotatable bonds is 3. The summed E-state index contributed by atoms with van der Waals surface area (Å²) in [6.45, 7) is 0.444. The molecule has 1 atom stereocenters. The van der Waals surface area contributed by atoms with Gasteiger partial charge >= 0.3 is 6.18 Å². The van der Waals surface area contributed by atoms with E-state index in [9.17, 15) is 22.8 Å². The number of aromatic amines is 1. The Kier molecular flexibility index (Phi) is 5.63. The third-order valence-corrected chi connectivity index (χ3v) is 5.39. The normalized spacial score (nSPS) is 16.9. The molecule has 1 amide bonds. The molecular formula is C23H20F3N3O2. The number of nitrogens with zero attached hydrogens (tertiary/aromatic N) is 2. The Balaban J connectivity index is 1.65. The van der Waals surface area contributed by atoms with Crippen molar-refractivity contribution in [3.8, 4) is 11.4 Å². The van der Waals surface area contributed by atoms with Gasteiger partial charge in [-0.05, 0) is 37.0 Å². The van der Waals surface area contributed by atoms with Gasteiger partial charge in [0.2, 0.25) is 0 Å². The summed E-state index contributed by atoms with van der Waals surface area (Å²) in [5.74, 6) is -0.118. The lowest BCUT2D eigenvalue weighted by Crippen LogP contribution is -2.39. The zero-order chi connectivity index (χ0) is 22.0. The number of benzene rings is 2. The summed E-state index contributed by atoms with van der Waals surface area (Å²) in [4.78, 5) is 34.1. The second-order valence-electron chi connectivity index (χ2n) is 7.48. The van der Waals surface area contributed by atoms with Crippen LogP contribution in [0.15, 0.2) is 65.5 Å². The number of aromatic nitrogens is 2. The largest absolute Gasteiger partial charge is 0.416 e. The van der Waals surface area contributed by atoms with E-state index in [2.05, 4.69) is 9.97 Å². The van der Waals surface area contributed by atoms with E-state index in [1.165, 1.54) is 12.1 Å². The van der Waals surface area contributed by atoms with Gasteiger partial charge < -0.3 is 9.88 Å². The van der Waals surface area contributed by atoms with Gasteiger partial charge in [0.05, 0.1) is 11.6 Å². The van der Waals surface area contributed by atoms with Crippen LogP contribution in [0.25, 0.3) is 11.4 Å². The first-order valence-electron chi connectivity index (χ1n) is 9.98. The van der Waals surface area contributed by atoms with Crippen LogP contribution in [-0.2, 0) is 6.18 Å². The van der Waals surface area contributed by atoms with Gasteiger partial charge in [-0.2, -0.15) is 13.2 Å². The molecule has 1 aliphatic rings. The first-order valence-corrected chi connectivity index (χ1v) is 9.98. The van der Waals surface area contributed by atoms with Crippen molar-refractivity contribution in [1.82, 2.24) is 14.9 Å². The van der Waals surface area contributed by atoms with Gasteiger partial charge in [-0.1, -0.05) is 42.5 Å². The second-order valence-corrected chi connectivity index (χ2v) is 7.48. The lowest BCUT2D eigenvalue weighted by Gasteiger charge is -2.36. The highest BCUT2D eigenvalue weighted by atomic mass is 19.4. The lowest BCUT2D eigenvalue weighted by molar-refractivity contribution is -0.137. The summed E-state index contributed by atoms with van der Waals surface area (Å²) in [5, 5.41) is 0. The minimum absolute atomic E-state index is 0.0152. The Morgan fingerprint density at radius 2 is 1.74 bits per heavy atom. The van der Waals surface area contributed by atoms with Crippen LogP contribution < -0.4 is 5.56 Å². The van der Waals surface area contributed by atoms with Crippen LogP contribution in [0.1, 0.15) is 46.9 Å². The van der Waals surface area contributed by atoms with Crippen molar-refractivity contribution >= 4 is 5.91 Å². The van der Waals surface area contributed by atoms with Crippen LogP contribution in [0, 0.1) is 0 Å². The van der Waals surface area contributed by atoms with E-state index in [1.807, 2.05) is 6.07 Å². The molecule has 0 saturated carbocycles. The number of likely N-dealkylation sites (tertiary alicyclic amines) is 1. The van der Waals surface area contributed by atoms with Gasteiger partial charge in [-0.25, -0.2) is 4.98 Å². The summed E-state index contributed by atoms with van der Waals surface area (Å²) in [5.41, 5.74) is 0.150. The minimum atomic E-state index is -4.41. The third kappa shape index (κ3) is 4.52. The third-order valence-electron chi connectivity index (χ3n) is 5.39. The molecule has 3 aromatic rings. The SMILES string of the molecule is O=C(c1cc(=O)[nH]c(-c2ccccc2)n1)N1CCCCC1c1ccc(C(F)(F)F)cc1. The molecule has 0 aliphatic carbocycles. The van der Waals surface area contributed by atoms with Crippen molar-refractivity contribution in [3.05, 3.63) is 87.8 Å². The number of hydrogen-bond acceptors (Lipinski definition) is 3. The fourth-order valence-corrected chi connectivity index (χ4v) is 3.86. The van der Waals surface area contributed by atoms with Crippen LogP contribution in [0.5, 0.6) is 0 Å². The summed E-state index contributed by atoms with van der Waals surface area (Å²) in [7, 11) is 0. The Bertz CT molecular complexity index is 1130. The average Bonchev–Trinajstić information content (AvgIpc) is 2.78. The zero-order valence-electron chi connectivity index (χ0n) is 16.5. The second kappa shape index (κ2) is 8.37. The Hall–Kier alpha value is -3.42. The topological polar surface area (TPSA) is 66.1 Å². The van der Waals surface area contributed by atoms with Gasteiger partial charge in [0.15, 0.2) is 0 Å². The maximum atomic E-state index is 13.3. The van der Waals surface area contributed by atoms with Crippen molar-refractivity contribution < 1.29 is 18.0 Å². The van der Waals surface area contributed by atoms with Gasteiger partial charge in [0, 0.05) is 18.2 Å². The molecule has 5 nitrogen and oxygen atoms in total. The van der Waals surface area contributed by atoms with E-state index in [4.69, 9.17) is 0 Å². The van der Waals surface area contributed by atoms with Crippen LogP contribution in [0.4, 0.5) is 13.2 Å². The number of carbonyl (C=O) groups excluding carboxylic acids is 1. The molecule has 0 spiro atoms. The summed E-state index contributed by atoms with van der Waals surface area (Å²) in [6, 6.07) is 14.7. The number of halogens is 3.